The van der Waals surface area contributed by atoms with Crippen LogP contribution in [-0.4, -0.2) is 39.6 Å². The Hall–Kier alpha value is -1.62. The Morgan fingerprint density at radius 2 is 1.45 bits per heavy atom. The van der Waals surface area contributed by atoms with E-state index >= 15 is 0 Å². The van der Waals surface area contributed by atoms with Crippen LogP contribution in [0, 0.1) is 0 Å². The summed E-state index contributed by atoms with van der Waals surface area (Å²) in [5, 5.41) is 8.69. The second kappa shape index (κ2) is 9.31. The lowest BCUT2D eigenvalue weighted by molar-refractivity contribution is 0.271. The third-order valence-corrected chi connectivity index (χ3v) is 2.96. The van der Waals surface area contributed by atoms with Crippen LogP contribution in [-0.2, 0) is 0 Å². The highest BCUT2D eigenvalue weighted by atomic mass is 16.5. The molecule has 1 aromatic rings. The minimum atomic E-state index is 0.258. The number of hydrogen-bond acceptors (Lipinski definition) is 5. The Morgan fingerprint density at radius 3 is 1.95 bits per heavy atom. The zero-order chi connectivity index (χ0) is 14.8. The molecule has 0 saturated carbocycles. The lowest BCUT2D eigenvalue weighted by atomic mass is 10.2. The first kappa shape index (κ1) is 16.4. The number of benzene rings is 1. The third-order valence-electron chi connectivity index (χ3n) is 2.96. The first-order valence-electron chi connectivity index (χ1n) is 6.80. The lowest BCUT2D eigenvalue weighted by Gasteiger charge is -2.14. The van der Waals surface area contributed by atoms with Crippen LogP contribution < -0.4 is 18.9 Å². The molecule has 0 fully saturated rings. The van der Waals surface area contributed by atoms with Gasteiger partial charge in [0.05, 0.1) is 27.9 Å². The molecule has 0 aliphatic heterocycles. The molecule has 0 aliphatic rings. The molecule has 0 aromatic heterocycles. The topological polar surface area (TPSA) is 57.2 Å². The summed E-state index contributed by atoms with van der Waals surface area (Å²) in [5.41, 5.74) is 0. The van der Waals surface area contributed by atoms with Gasteiger partial charge in [-0.3, -0.25) is 0 Å². The number of hydrogen-bond donors (Lipinski definition) is 1. The van der Waals surface area contributed by atoms with Gasteiger partial charge in [0.25, 0.3) is 0 Å². The van der Waals surface area contributed by atoms with Gasteiger partial charge in [0.2, 0.25) is 5.75 Å². The first-order valence-corrected chi connectivity index (χ1v) is 6.80. The van der Waals surface area contributed by atoms with Crippen molar-refractivity contribution in [2.75, 3.05) is 34.5 Å². The van der Waals surface area contributed by atoms with Crippen LogP contribution in [0.25, 0.3) is 0 Å². The largest absolute Gasteiger partial charge is 0.493 e. The minimum absolute atomic E-state index is 0.258. The average Bonchev–Trinajstić information content (AvgIpc) is 2.49. The summed E-state index contributed by atoms with van der Waals surface area (Å²) < 4.78 is 21.5. The molecule has 20 heavy (non-hydrogen) atoms. The zero-order valence-electron chi connectivity index (χ0n) is 12.5. The molecule has 0 unspecified atom stereocenters. The van der Waals surface area contributed by atoms with E-state index in [1.807, 2.05) is 0 Å². The molecule has 0 atom stereocenters. The van der Waals surface area contributed by atoms with Gasteiger partial charge in [-0.25, -0.2) is 0 Å². The monoisotopic (exact) mass is 284 g/mol. The minimum Gasteiger partial charge on any atom is -0.493 e. The molecular formula is C15H24O5. The second-order valence-corrected chi connectivity index (χ2v) is 4.35. The van der Waals surface area contributed by atoms with Crippen molar-refractivity contribution >= 4 is 0 Å². The molecule has 0 aliphatic carbocycles. The van der Waals surface area contributed by atoms with Crippen LogP contribution in [0.1, 0.15) is 25.7 Å². The maximum atomic E-state index is 8.69. The van der Waals surface area contributed by atoms with Gasteiger partial charge in [-0.05, 0) is 19.3 Å². The predicted molar refractivity (Wildman–Crippen MR) is 77.1 cm³/mol. The van der Waals surface area contributed by atoms with Crippen molar-refractivity contribution in [3.05, 3.63) is 12.1 Å². The molecule has 0 bridgehead atoms. The molecule has 114 valence electrons. The number of aliphatic hydroxyl groups excluding tert-OH is 1. The van der Waals surface area contributed by atoms with E-state index in [4.69, 9.17) is 24.1 Å². The molecule has 0 radical (unpaired) electrons. The van der Waals surface area contributed by atoms with Crippen LogP contribution in [0.15, 0.2) is 12.1 Å². The van der Waals surface area contributed by atoms with Crippen LogP contribution >= 0.6 is 0 Å². The summed E-state index contributed by atoms with van der Waals surface area (Å²) >= 11 is 0. The van der Waals surface area contributed by atoms with Gasteiger partial charge in [-0.1, -0.05) is 6.42 Å². The van der Waals surface area contributed by atoms with Crippen molar-refractivity contribution < 1.29 is 24.1 Å². The van der Waals surface area contributed by atoms with Crippen molar-refractivity contribution in [3.8, 4) is 23.0 Å². The number of methoxy groups -OCH3 is 3. The molecule has 1 N–H and O–H groups in total. The fraction of sp³-hybridized carbons (Fsp3) is 0.600. The van der Waals surface area contributed by atoms with Crippen molar-refractivity contribution in [2.45, 2.75) is 25.7 Å². The summed E-state index contributed by atoms with van der Waals surface area (Å²) in [5.74, 6) is 2.43. The molecule has 5 nitrogen and oxygen atoms in total. The van der Waals surface area contributed by atoms with E-state index in [9.17, 15) is 0 Å². The van der Waals surface area contributed by atoms with Crippen molar-refractivity contribution in [1.29, 1.82) is 0 Å². The maximum absolute atomic E-state index is 8.69. The molecule has 0 heterocycles. The highest BCUT2D eigenvalue weighted by Crippen LogP contribution is 2.40. The fourth-order valence-corrected chi connectivity index (χ4v) is 1.90. The summed E-state index contributed by atoms with van der Waals surface area (Å²) in [6.45, 7) is 0.887. The number of unbranched alkanes of at least 4 members (excludes halogenated alkanes) is 3. The Morgan fingerprint density at radius 1 is 0.850 bits per heavy atom. The van der Waals surface area contributed by atoms with Crippen LogP contribution in [0.4, 0.5) is 0 Å². The standard InChI is InChI=1S/C15H24O5/c1-17-13-10-12(11-14(18-2)15(13)19-3)20-9-7-5-4-6-8-16/h10-11,16H,4-9H2,1-3H3. The van der Waals surface area contributed by atoms with E-state index in [1.165, 1.54) is 0 Å². The maximum Gasteiger partial charge on any atom is 0.203 e. The van der Waals surface area contributed by atoms with E-state index in [-0.39, 0.29) is 6.61 Å². The number of ether oxygens (including phenoxy) is 4. The Labute approximate surface area is 120 Å². The highest BCUT2D eigenvalue weighted by Gasteiger charge is 2.13. The molecule has 0 saturated heterocycles. The molecule has 0 spiro atoms. The van der Waals surface area contributed by atoms with Gasteiger partial charge >= 0.3 is 0 Å². The van der Waals surface area contributed by atoms with E-state index in [1.54, 1.807) is 33.5 Å². The first-order chi connectivity index (χ1) is 9.76. The summed E-state index contributed by atoms with van der Waals surface area (Å²) in [7, 11) is 4.73. The molecular weight excluding hydrogens is 260 g/mol. The molecule has 5 heteroatoms. The van der Waals surface area contributed by atoms with Gasteiger partial charge in [-0.2, -0.15) is 0 Å². The van der Waals surface area contributed by atoms with E-state index in [0.717, 1.165) is 25.7 Å². The lowest BCUT2D eigenvalue weighted by Crippen LogP contribution is -2.00. The molecule has 0 amide bonds. The van der Waals surface area contributed by atoms with Crippen LogP contribution in [0.5, 0.6) is 23.0 Å². The third kappa shape index (κ3) is 4.81. The Bertz CT molecular complexity index is 367. The van der Waals surface area contributed by atoms with Crippen LogP contribution in [0.2, 0.25) is 0 Å². The quantitative estimate of drug-likeness (QED) is 0.669. The Balaban J connectivity index is 2.57. The van der Waals surface area contributed by atoms with Crippen molar-refractivity contribution in [3.63, 3.8) is 0 Å². The summed E-state index contributed by atoms with van der Waals surface area (Å²) in [4.78, 5) is 0. The van der Waals surface area contributed by atoms with E-state index in [2.05, 4.69) is 0 Å². The van der Waals surface area contributed by atoms with Gasteiger partial charge in [0.1, 0.15) is 5.75 Å². The fourth-order valence-electron chi connectivity index (χ4n) is 1.90. The van der Waals surface area contributed by atoms with E-state index in [0.29, 0.717) is 29.6 Å². The van der Waals surface area contributed by atoms with Crippen LogP contribution in [0.3, 0.4) is 0 Å². The van der Waals surface area contributed by atoms with Gasteiger partial charge in [-0.15, -0.1) is 0 Å². The SMILES string of the molecule is COc1cc(OCCCCCCO)cc(OC)c1OC. The smallest absolute Gasteiger partial charge is 0.203 e. The highest BCUT2D eigenvalue weighted by molar-refractivity contribution is 5.55. The predicted octanol–water partition coefficient (Wildman–Crippen LogP) is 2.64. The summed E-state index contributed by atoms with van der Waals surface area (Å²) in [6.07, 6.45) is 3.88. The van der Waals surface area contributed by atoms with Gasteiger partial charge < -0.3 is 24.1 Å². The Kier molecular flexibility index (Phi) is 7.65. The molecule has 1 rings (SSSR count). The number of rotatable bonds is 10. The second-order valence-electron chi connectivity index (χ2n) is 4.35. The van der Waals surface area contributed by atoms with Gasteiger partial charge in [0, 0.05) is 18.7 Å². The average molecular weight is 284 g/mol. The molecule has 1 aromatic carbocycles. The normalized spacial score (nSPS) is 10.2. The van der Waals surface area contributed by atoms with Crippen molar-refractivity contribution in [1.82, 2.24) is 0 Å². The van der Waals surface area contributed by atoms with Crippen molar-refractivity contribution in [2.24, 2.45) is 0 Å². The summed E-state index contributed by atoms with van der Waals surface area (Å²) in [6, 6.07) is 3.57. The zero-order valence-corrected chi connectivity index (χ0v) is 12.5. The van der Waals surface area contributed by atoms with E-state index < -0.39 is 0 Å². The van der Waals surface area contributed by atoms with Gasteiger partial charge in [0.15, 0.2) is 11.5 Å². The number of aliphatic hydroxyl groups is 1.